The van der Waals surface area contributed by atoms with Gasteiger partial charge in [-0.3, -0.25) is 4.79 Å². The Morgan fingerprint density at radius 2 is 1.59 bits per heavy atom. The Hall–Kier alpha value is -2.35. The van der Waals surface area contributed by atoms with Gasteiger partial charge in [0.2, 0.25) is 5.91 Å². The highest BCUT2D eigenvalue weighted by molar-refractivity contribution is 6.00. The van der Waals surface area contributed by atoms with E-state index in [-0.39, 0.29) is 5.91 Å². The second-order valence-electron chi connectivity index (χ2n) is 5.81. The molecule has 0 fully saturated rings. The fourth-order valence-electron chi connectivity index (χ4n) is 3.55. The normalized spacial score (nSPS) is 14.1. The third kappa shape index (κ3) is 1.83. The molecule has 0 saturated carbocycles. The van der Waals surface area contributed by atoms with Crippen molar-refractivity contribution in [3.63, 3.8) is 0 Å². The van der Waals surface area contributed by atoms with E-state index in [0.29, 0.717) is 13.0 Å². The number of hydrogen-bond donors (Lipinski definition) is 0. The second kappa shape index (κ2) is 5.45. The van der Waals surface area contributed by atoms with Gasteiger partial charge in [-0.05, 0) is 35.6 Å². The first-order chi connectivity index (χ1) is 10.7. The number of amides is 1. The molecule has 1 aliphatic carbocycles. The van der Waals surface area contributed by atoms with Crippen molar-refractivity contribution in [1.29, 1.82) is 0 Å². The highest BCUT2D eigenvalue weighted by Gasteiger charge is 2.48. The second-order valence-corrected chi connectivity index (χ2v) is 5.81. The summed E-state index contributed by atoms with van der Waals surface area (Å²) in [6.45, 7) is 6.61. The molecule has 0 atom stereocenters. The summed E-state index contributed by atoms with van der Waals surface area (Å²) in [5, 5.41) is 0. The van der Waals surface area contributed by atoms with E-state index in [0.717, 1.165) is 22.3 Å². The van der Waals surface area contributed by atoms with Crippen LogP contribution in [0.25, 0.3) is 11.1 Å². The zero-order valence-electron chi connectivity index (χ0n) is 13.2. The molecule has 2 aromatic rings. The third-order valence-corrected chi connectivity index (χ3v) is 4.70. The summed E-state index contributed by atoms with van der Waals surface area (Å²) in [6.07, 6.45) is 2.48. The maximum Gasteiger partial charge on any atom is 0.237 e. The summed E-state index contributed by atoms with van der Waals surface area (Å²) in [4.78, 5) is 15.1. The first-order valence-corrected chi connectivity index (χ1v) is 7.72. The van der Waals surface area contributed by atoms with E-state index >= 15 is 0 Å². The highest BCUT2D eigenvalue weighted by Crippen LogP contribution is 2.51. The lowest BCUT2D eigenvalue weighted by molar-refractivity contribution is -0.134. The molecule has 0 heterocycles. The van der Waals surface area contributed by atoms with Crippen LogP contribution in [-0.4, -0.2) is 24.4 Å². The van der Waals surface area contributed by atoms with Gasteiger partial charge in [-0.1, -0.05) is 54.6 Å². The van der Waals surface area contributed by atoms with Crippen molar-refractivity contribution in [2.45, 2.75) is 18.8 Å². The molecular formula is C20H21NO. The summed E-state index contributed by atoms with van der Waals surface area (Å²) >= 11 is 0. The molecule has 2 nitrogen and oxygen atoms in total. The molecule has 3 rings (SSSR count). The van der Waals surface area contributed by atoms with Gasteiger partial charge in [-0.2, -0.15) is 0 Å². The van der Waals surface area contributed by atoms with E-state index in [1.807, 2.05) is 49.2 Å². The summed E-state index contributed by atoms with van der Waals surface area (Å²) in [6, 6.07) is 16.5. The molecule has 0 aliphatic heterocycles. The number of hydrogen-bond acceptors (Lipinski definition) is 1. The van der Waals surface area contributed by atoms with Gasteiger partial charge in [0.25, 0.3) is 0 Å². The Morgan fingerprint density at radius 3 is 2.05 bits per heavy atom. The van der Waals surface area contributed by atoms with E-state index in [4.69, 9.17) is 0 Å². The predicted octanol–water partition coefficient (Wildman–Crippen LogP) is 4.01. The van der Waals surface area contributed by atoms with Gasteiger partial charge in [-0.15, -0.1) is 6.58 Å². The van der Waals surface area contributed by atoms with Gasteiger partial charge in [0.15, 0.2) is 0 Å². The first-order valence-electron chi connectivity index (χ1n) is 7.72. The number of likely N-dealkylation sites (N-methyl/N-ethyl adjacent to an activating group) is 1. The van der Waals surface area contributed by atoms with E-state index in [1.54, 1.807) is 0 Å². The Bertz CT molecular complexity index is 686. The van der Waals surface area contributed by atoms with Crippen LogP contribution in [0.4, 0.5) is 0 Å². The highest BCUT2D eigenvalue weighted by atomic mass is 16.2. The lowest BCUT2D eigenvalue weighted by Gasteiger charge is -2.33. The van der Waals surface area contributed by atoms with E-state index < -0.39 is 5.41 Å². The van der Waals surface area contributed by atoms with Gasteiger partial charge < -0.3 is 4.90 Å². The zero-order chi connectivity index (χ0) is 15.7. The average molecular weight is 291 g/mol. The van der Waals surface area contributed by atoms with Gasteiger partial charge >= 0.3 is 0 Å². The van der Waals surface area contributed by atoms with Gasteiger partial charge in [0, 0.05) is 13.6 Å². The molecule has 1 aliphatic rings. The number of benzene rings is 2. The van der Waals surface area contributed by atoms with Crippen LogP contribution in [-0.2, 0) is 10.2 Å². The Kier molecular flexibility index (Phi) is 3.61. The van der Waals surface area contributed by atoms with Gasteiger partial charge in [-0.25, -0.2) is 0 Å². The van der Waals surface area contributed by atoms with Crippen molar-refractivity contribution in [3.8, 4) is 11.1 Å². The Balaban J connectivity index is 2.34. The van der Waals surface area contributed by atoms with Crippen LogP contribution in [0, 0.1) is 0 Å². The minimum absolute atomic E-state index is 0.146. The minimum atomic E-state index is -0.639. The number of nitrogens with zero attached hydrogens (tertiary/aromatic N) is 1. The number of allylic oxidation sites excluding steroid dienone is 1. The Labute approximate surface area is 132 Å². The summed E-state index contributed by atoms with van der Waals surface area (Å²) < 4.78 is 0. The van der Waals surface area contributed by atoms with Crippen molar-refractivity contribution in [1.82, 2.24) is 4.90 Å². The van der Waals surface area contributed by atoms with Crippen LogP contribution in [0.15, 0.2) is 61.2 Å². The van der Waals surface area contributed by atoms with E-state index in [2.05, 4.69) is 30.8 Å². The lowest BCUT2D eigenvalue weighted by atomic mass is 9.74. The third-order valence-electron chi connectivity index (χ3n) is 4.70. The van der Waals surface area contributed by atoms with E-state index in [9.17, 15) is 4.79 Å². The van der Waals surface area contributed by atoms with Crippen LogP contribution >= 0.6 is 0 Å². The maximum absolute atomic E-state index is 13.3. The van der Waals surface area contributed by atoms with Crippen molar-refractivity contribution in [2.75, 3.05) is 13.6 Å². The molecule has 0 bridgehead atoms. The summed E-state index contributed by atoms with van der Waals surface area (Å²) in [7, 11) is 1.87. The molecule has 2 heteroatoms. The zero-order valence-corrected chi connectivity index (χ0v) is 13.2. The SMILES string of the molecule is C=CCC1(C(=O)N(C)CC)c2ccccc2-c2ccccc21. The number of carbonyl (C=O) groups excluding carboxylic acids is 1. The summed E-state index contributed by atoms with van der Waals surface area (Å²) in [5.74, 6) is 0.146. The molecule has 0 radical (unpaired) electrons. The molecule has 0 unspecified atom stereocenters. The Morgan fingerprint density at radius 1 is 1.09 bits per heavy atom. The number of rotatable bonds is 4. The smallest absolute Gasteiger partial charge is 0.237 e. The standard InChI is InChI=1S/C20H21NO/c1-4-14-20(19(22)21(3)5-2)17-12-8-6-10-15(17)16-11-7-9-13-18(16)20/h4,6-13H,1,5,14H2,2-3H3. The first kappa shape index (κ1) is 14.6. The van der Waals surface area contributed by atoms with Crippen LogP contribution < -0.4 is 0 Å². The lowest BCUT2D eigenvalue weighted by Crippen LogP contribution is -2.44. The fraction of sp³-hybridized carbons (Fsp3) is 0.250. The summed E-state index contributed by atoms with van der Waals surface area (Å²) in [5.41, 5.74) is 3.89. The van der Waals surface area contributed by atoms with Crippen molar-refractivity contribution >= 4 is 5.91 Å². The van der Waals surface area contributed by atoms with Gasteiger partial charge in [0.05, 0.1) is 0 Å². The van der Waals surface area contributed by atoms with Crippen LogP contribution in [0.3, 0.4) is 0 Å². The number of fused-ring (bicyclic) bond motifs is 3. The van der Waals surface area contributed by atoms with Crippen molar-refractivity contribution in [3.05, 3.63) is 72.3 Å². The van der Waals surface area contributed by atoms with E-state index in [1.165, 1.54) is 0 Å². The average Bonchev–Trinajstić information content (AvgIpc) is 2.86. The van der Waals surface area contributed by atoms with Crippen molar-refractivity contribution in [2.24, 2.45) is 0 Å². The minimum Gasteiger partial charge on any atom is -0.345 e. The molecule has 1 amide bonds. The molecule has 0 spiro atoms. The molecule has 112 valence electrons. The van der Waals surface area contributed by atoms with Crippen LogP contribution in [0.5, 0.6) is 0 Å². The van der Waals surface area contributed by atoms with Gasteiger partial charge in [0.1, 0.15) is 5.41 Å². The molecule has 0 aromatic heterocycles. The molecule has 2 aromatic carbocycles. The monoisotopic (exact) mass is 291 g/mol. The number of carbonyl (C=O) groups is 1. The predicted molar refractivity (Wildman–Crippen MR) is 90.8 cm³/mol. The fourth-order valence-corrected chi connectivity index (χ4v) is 3.55. The van der Waals surface area contributed by atoms with Crippen LogP contribution in [0.1, 0.15) is 24.5 Å². The molecular weight excluding hydrogens is 270 g/mol. The molecule has 22 heavy (non-hydrogen) atoms. The largest absolute Gasteiger partial charge is 0.345 e. The maximum atomic E-state index is 13.3. The molecule has 0 saturated heterocycles. The quantitative estimate of drug-likeness (QED) is 0.779. The van der Waals surface area contributed by atoms with Crippen molar-refractivity contribution < 1.29 is 4.79 Å². The topological polar surface area (TPSA) is 20.3 Å². The van der Waals surface area contributed by atoms with Crippen LogP contribution in [0.2, 0.25) is 0 Å². The molecule has 0 N–H and O–H groups in total.